The largest absolute Gasteiger partial charge is 0.367 e. The summed E-state index contributed by atoms with van der Waals surface area (Å²) in [6.45, 7) is 6.79. The second kappa shape index (κ2) is 7.88. The minimum Gasteiger partial charge on any atom is -0.367 e. The predicted octanol–water partition coefficient (Wildman–Crippen LogP) is 4.40. The molecule has 0 bridgehead atoms. The lowest BCUT2D eigenvalue weighted by atomic mass is 9.97. The standard InChI is InChI=1S/C19H22FNO2/c1-4-21(5-2)23-19(22)14(3)16-11-12-17(18(20)13-16)15-9-7-6-8-10-15/h6-14H,4-5H2,1-3H3/t14-/m0/s1. The van der Waals surface area contributed by atoms with E-state index in [0.29, 0.717) is 24.2 Å². The Morgan fingerprint density at radius 1 is 1.13 bits per heavy atom. The van der Waals surface area contributed by atoms with Crippen molar-refractivity contribution in [1.82, 2.24) is 5.06 Å². The average molecular weight is 315 g/mol. The fourth-order valence-electron chi connectivity index (χ4n) is 2.35. The number of nitrogens with zero attached hydrogens (tertiary/aromatic N) is 1. The van der Waals surface area contributed by atoms with Crippen LogP contribution in [0.5, 0.6) is 0 Å². The second-order valence-electron chi connectivity index (χ2n) is 5.35. The summed E-state index contributed by atoms with van der Waals surface area (Å²) < 4.78 is 14.4. The highest BCUT2D eigenvalue weighted by Gasteiger charge is 2.20. The molecule has 0 spiro atoms. The zero-order valence-electron chi connectivity index (χ0n) is 13.8. The van der Waals surface area contributed by atoms with Crippen molar-refractivity contribution >= 4 is 5.97 Å². The maximum absolute atomic E-state index is 14.4. The molecule has 0 unspecified atom stereocenters. The van der Waals surface area contributed by atoms with E-state index < -0.39 is 5.92 Å². The molecule has 2 aromatic carbocycles. The zero-order chi connectivity index (χ0) is 16.8. The van der Waals surface area contributed by atoms with E-state index in [1.165, 1.54) is 6.07 Å². The minimum absolute atomic E-state index is 0.337. The van der Waals surface area contributed by atoms with E-state index in [0.717, 1.165) is 5.56 Å². The molecule has 0 aromatic heterocycles. The number of hydroxylamine groups is 2. The summed E-state index contributed by atoms with van der Waals surface area (Å²) in [6, 6.07) is 14.2. The third-order valence-corrected chi connectivity index (χ3v) is 3.86. The summed E-state index contributed by atoms with van der Waals surface area (Å²) in [5.41, 5.74) is 1.95. The average Bonchev–Trinajstić information content (AvgIpc) is 2.59. The first-order chi connectivity index (χ1) is 11.1. The van der Waals surface area contributed by atoms with Gasteiger partial charge in [-0.15, -0.1) is 5.06 Å². The van der Waals surface area contributed by atoms with Gasteiger partial charge in [-0.1, -0.05) is 42.5 Å². The van der Waals surface area contributed by atoms with Crippen molar-refractivity contribution in [3.8, 4) is 11.1 Å². The molecular weight excluding hydrogens is 293 g/mol. The Balaban J connectivity index is 2.18. The topological polar surface area (TPSA) is 29.5 Å². The van der Waals surface area contributed by atoms with Crippen LogP contribution in [0, 0.1) is 5.82 Å². The molecule has 0 aliphatic carbocycles. The van der Waals surface area contributed by atoms with E-state index in [1.807, 2.05) is 44.2 Å². The van der Waals surface area contributed by atoms with Gasteiger partial charge in [-0.3, -0.25) is 0 Å². The molecule has 0 saturated heterocycles. The molecule has 0 radical (unpaired) electrons. The smallest absolute Gasteiger partial charge is 0.332 e. The lowest BCUT2D eigenvalue weighted by Gasteiger charge is -2.20. The highest BCUT2D eigenvalue weighted by molar-refractivity contribution is 5.78. The van der Waals surface area contributed by atoms with Crippen LogP contribution in [-0.2, 0) is 9.63 Å². The van der Waals surface area contributed by atoms with Gasteiger partial charge in [0.15, 0.2) is 0 Å². The first-order valence-corrected chi connectivity index (χ1v) is 7.88. The Labute approximate surface area is 136 Å². The molecule has 0 amide bonds. The van der Waals surface area contributed by atoms with Gasteiger partial charge in [0.2, 0.25) is 0 Å². The molecule has 23 heavy (non-hydrogen) atoms. The van der Waals surface area contributed by atoms with Crippen LogP contribution < -0.4 is 0 Å². The summed E-state index contributed by atoms with van der Waals surface area (Å²) in [6.07, 6.45) is 0. The third kappa shape index (κ3) is 4.17. The SMILES string of the molecule is CCN(CC)OC(=O)[C@@H](C)c1ccc(-c2ccccc2)c(F)c1. The Morgan fingerprint density at radius 3 is 2.35 bits per heavy atom. The van der Waals surface area contributed by atoms with Crippen LogP contribution >= 0.6 is 0 Å². The number of carbonyl (C=O) groups is 1. The maximum Gasteiger partial charge on any atom is 0.332 e. The van der Waals surface area contributed by atoms with Gasteiger partial charge in [-0.05, 0) is 38.0 Å². The van der Waals surface area contributed by atoms with Crippen molar-refractivity contribution in [1.29, 1.82) is 0 Å². The highest BCUT2D eigenvalue weighted by Crippen LogP contribution is 2.26. The Bertz CT molecular complexity index is 654. The van der Waals surface area contributed by atoms with Crippen molar-refractivity contribution in [2.45, 2.75) is 26.7 Å². The molecular formula is C19H22FNO2. The molecule has 0 aliphatic heterocycles. The third-order valence-electron chi connectivity index (χ3n) is 3.86. The second-order valence-corrected chi connectivity index (χ2v) is 5.35. The van der Waals surface area contributed by atoms with E-state index in [9.17, 15) is 9.18 Å². The van der Waals surface area contributed by atoms with Crippen molar-refractivity contribution < 1.29 is 14.0 Å². The van der Waals surface area contributed by atoms with Crippen LogP contribution in [0.25, 0.3) is 11.1 Å². The van der Waals surface area contributed by atoms with Crippen molar-refractivity contribution in [3.63, 3.8) is 0 Å². The number of carbonyl (C=O) groups excluding carboxylic acids is 1. The molecule has 1 atom stereocenters. The van der Waals surface area contributed by atoms with Crippen LogP contribution in [0.1, 0.15) is 32.3 Å². The quantitative estimate of drug-likeness (QED) is 0.740. The number of hydrogen-bond acceptors (Lipinski definition) is 3. The van der Waals surface area contributed by atoms with Crippen molar-refractivity contribution in [2.75, 3.05) is 13.1 Å². The molecule has 0 fully saturated rings. The van der Waals surface area contributed by atoms with Gasteiger partial charge < -0.3 is 4.84 Å². The monoisotopic (exact) mass is 315 g/mol. The van der Waals surface area contributed by atoms with Gasteiger partial charge in [-0.25, -0.2) is 9.18 Å². The van der Waals surface area contributed by atoms with E-state index in [4.69, 9.17) is 4.84 Å². The van der Waals surface area contributed by atoms with E-state index in [1.54, 1.807) is 24.1 Å². The van der Waals surface area contributed by atoms with Gasteiger partial charge >= 0.3 is 5.97 Å². The summed E-state index contributed by atoms with van der Waals surface area (Å²) >= 11 is 0. The molecule has 3 nitrogen and oxygen atoms in total. The first kappa shape index (κ1) is 17.2. The van der Waals surface area contributed by atoms with Crippen molar-refractivity contribution in [3.05, 3.63) is 59.9 Å². The minimum atomic E-state index is -0.519. The lowest BCUT2D eigenvalue weighted by molar-refractivity contribution is -0.190. The molecule has 0 saturated carbocycles. The maximum atomic E-state index is 14.4. The van der Waals surface area contributed by atoms with Gasteiger partial charge in [0, 0.05) is 18.7 Å². The molecule has 4 heteroatoms. The van der Waals surface area contributed by atoms with Gasteiger partial charge in [0.05, 0.1) is 5.92 Å². The fraction of sp³-hybridized carbons (Fsp3) is 0.316. The molecule has 122 valence electrons. The Hall–Kier alpha value is -2.20. The first-order valence-electron chi connectivity index (χ1n) is 7.88. The van der Waals surface area contributed by atoms with Crippen LogP contribution in [0.4, 0.5) is 4.39 Å². The summed E-state index contributed by atoms with van der Waals surface area (Å²) in [5, 5.41) is 1.58. The van der Waals surface area contributed by atoms with Crippen molar-refractivity contribution in [2.24, 2.45) is 0 Å². The lowest BCUT2D eigenvalue weighted by Crippen LogP contribution is -2.29. The van der Waals surface area contributed by atoms with Crippen LogP contribution in [0.3, 0.4) is 0 Å². The summed E-state index contributed by atoms with van der Waals surface area (Å²) in [4.78, 5) is 17.4. The summed E-state index contributed by atoms with van der Waals surface area (Å²) in [5.74, 6) is -1.23. The normalized spacial score (nSPS) is 12.2. The van der Waals surface area contributed by atoms with E-state index in [-0.39, 0.29) is 11.8 Å². The highest BCUT2D eigenvalue weighted by atomic mass is 19.1. The predicted molar refractivity (Wildman–Crippen MR) is 89.3 cm³/mol. The van der Waals surface area contributed by atoms with Crippen LogP contribution in [-0.4, -0.2) is 24.1 Å². The fourth-order valence-corrected chi connectivity index (χ4v) is 2.35. The number of benzene rings is 2. The van der Waals surface area contributed by atoms with Crippen LogP contribution in [0.15, 0.2) is 48.5 Å². The number of hydrogen-bond donors (Lipinski definition) is 0. The van der Waals surface area contributed by atoms with Gasteiger partial charge in [0.25, 0.3) is 0 Å². The number of halogens is 1. The zero-order valence-corrected chi connectivity index (χ0v) is 13.8. The van der Waals surface area contributed by atoms with E-state index >= 15 is 0 Å². The Kier molecular flexibility index (Phi) is 5.88. The Morgan fingerprint density at radius 2 is 1.78 bits per heavy atom. The van der Waals surface area contributed by atoms with Gasteiger partial charge in [0.1, 0.15) is 5.82 Å². The summed E-state index contributed by atoms with van der Waals surface area (Å²) in [7, 11) is 0. The molecule has 2 aromatic rings. The molecule has 0 heterocycles. The van der Waals surface area contributed by atoms with Crippen LogP contribution in [0.2, 0.25) is 0 Å². The molecule has 0 aliphatic rings. The van der Waals surface area contributed by atoms with E-state index in [2.05, 4.69) is 0 Å². The molecule has 2 rings (SSSR count). The van der Waals surface area contributed by atoms with Gasteiger partial charge in [-0.2, -0.15) is 0 Å². The number of rotatable bonds is 6. The molecule has 0 N–H and O–H groups in total.